The van der Waals surface area contributed by atoms with E-state index in [1.807, 2.05) is 18.2 Å². The average Bonchev–Trinajstić information content (AvgIpc) is 2.92. The van der Waals surface area contributed by atoms with Crippen LogP contribution in [0.5, 0.6) is 5.75 Å². The van der Waals surface area contributed by atoms with Gasteiger partial charge in [0.25, 0.3) is 0 Å². The molecule has 0 saturated heterocycles. The van der Waals surface area contributed by atoms with Crippen LogP contribution in [0.25, 0.3) is 22.2 Å². The quantitative estimate of drug-likeness (QED) is 0.695. The number of aldehydes is 1. The van der Waals surface area contributed by atoms with Crippen LogP contribution in [-0.2, 0) is 0 Å². The van der Waals surface area contributed by atoms with Crippen LogP contribution in [0, 0.1) is 5.82 Å². The molecule has 0 amide bonds. The van der Waals surface area contributed by atoms with Crippen molar-refractivity contribution >= 4 is 17.2 Å². The number of ether oxygens (including phenoxy) is 1. The molecule has 0 unspecified atom stereocenters. The number of H-pyrrole nitrogens is 1. The smallest absolute Gasteiger partial charge is 0.165 e. The number of benzene rings is 2. The number of methoxy groups -OCH3 is 1. The summed E-state index contributed by atoms with van der Waals surface area (Å²) in [6.45, 7) is 4.20. The van der Waals surface area contributed by atoms with Crippen molar-refractivity contribution in [2.24, 2.45) is 0 Å². The van der Waals surface area contributed by atoms with E-state index in [4.69, 9.17) is 4.74 Å². The Labute approximate surface area is 134 Å². The average molecular weight is 311 g/mol. The fourth-order valence-electron chi connectivity index (χ4n) is 2.91. The third kappa shape index (κ3) is 2.50. The van der Waals surface area contributed by atoms with E-state index in [1.165, 1.54) is 13.2 Å². The second-order valence-corrected chi connectivity index (χ2v) is 5.81. The maximum absolute atomic E-state index is 14.0. The molecular formula is C19H18FNO2. The molecule has 0 atom stereocenters. The maximum atomic E-state index is 14.0. The highest BCUT2D eigenvalue weighted by Crippen LogP contribution is 2.34. The zero-order chi connectivity index (χ0) is 16.6. The summed E-state index contributed by atoms with van der Waals surface area (Å²) < 4.78 is 19.0. The summed E-state index contributed by atoms with van der Waals surface area (Å²) in [6, 6.07) is 10.6. The minimum atomic E-state index is -0.454. The van der Waals surface area contributed by atoms with Crippen molar-refractivity contribution in [3.8, 4) is 17.0 Å². The predicted octanol–water partition coefficient (Wildman–Crippen LogP) is 4.92. The van der Waals surface area contributed by atoms with E-state index >= 15 is 0 Å². The third-order valence-corrected chi connectivity index (χ3v) is 4.09. The van der Waals surface area contributed by atoms with E-state index < -0.39 is 5.82 Å². The predicted molar refractivity (Wildman–Crippen MR) is 89.7 cm³/mol. The van der Waals surface area contributed by atoms with Crippen molar-refractivity contribution < 1.29 is 13.9 Å². The van der Waals surface area contributed by atoms with E-state index in [1.54, 1.807) is 12.1 Å². The van der Waals surface area contributed by atoms with Gasteiger partial charge >= 0.3 is 0 Å². The molecule has 1 aromatic heterocycles. The van der Waals surface area contributed by atoms with Gasteiger partial charge in [-0.15, -0.1) is 0 Å². The number of aromatic amines is 1. The first-order valence-corrected chi connectivity index (χ1v) is 7.50. The number of hydrogen-bond acceptors (Lipinski definition) is 2. The van der Waals surface area contributed by atoms with E-state index in [0.717, 1.165) is 22.8 Å². The number of aromatic nitrogens is 1. The molecule has 3 nitrogen and oxygen atoms in total. The molecule has 0 aliphatic heterocycles. The topological polar surface area (TPSA) is 42.1 Å². The number of para-hydroxylation sites is 1. The lowest BCUT2D eigenvalue weighted by atomic mass is 9.99. The Hall–Kier alpha value is -2.62. The lowest BCUT2D eigenvalue weighted by Crippen LogP contribution is -1.90. The Morgan fingerprint density at radius 1 is 1.22 bits per heavy atom. The van der Waals surface area contributed by atoms with Crippen molar-refractivity contribution in [3.63, 3.8) is 0 Å². The van der Waals surface area contributed by atoms with Gasteiger partial charge < -0.3 is 9.72 Å². The Kier molecular flexibility index (Phi) is 3.90. The van der Waals surface area contributed by atoms with E-state index in [2.05, 4.69) is 18.8 Å². The molecule has 118 valence electrons. The summed E-state index contributed by atoms with van der Waals surface area (Å²) in [6.07, 6.45) is 0.820. The van der Waals surface area contributed by atoms with E-state index in [9.17, 15) is 9.18 Å². The van der Waals surface area contributed by atoms with E-state index in [0.29, 0.717) is 22.7 Å². The van der Waals surface area contributed by atoms with Gasteiger partial charge in [0.05, 0.1) is 18.3 Å². The molecule has 2 aromatic carbocycles. The molecule has 4 heteroatoms. The maximum Gasteiger partial charge on any atom is 0.165 e. The number of fused-ring (bicyclic) bond motifs is 1. The first-order chi connectivity index (χ1) is 11.1. The highest BCUT2D eigenvalue weighted by Gasteiger charge is 2.17. The molecule has 0 bridgehead atoms. The van der Waals surface area contributed by atoms with Gasteiger partial charge in [-0.3, -0.25) is 4.79 Å². The molecule has 3 aromatic rings. The van der Waals surface area contributed by atoms with Crippen LogP contribution in [0.1, 0.15) is 35.7 Å². The standard InChI is InChI=1S/C19H18FNO2/c1-11(2)13-5-4-6-14-15(10-22)18(21-19(13)14)12-7-8-17(23-3)16(20)9-12/h4-11,21H,1-3H3. The van der Waals surface area contributed by atoms with E-state index in [-0.39, 0.29) is 5.75 Å². The molecule has 1 heterocycles. The van der Waals surface area contributed by atoms with Gasteiger partial charge in [-0.25, -0.2) is 4.39 Å². The minimum absolute atomic E-state index is 0.181. The first kappa shape index (κ1) is 15.3. The summed E-state index contributed by atoms with van der Waals surface area (Å²) in [5.74, 6) is 0.0438. The highest BCUT2D eigenvalue weighted by molar-refractivity contribution is 6.05. The van der Waals surface area contributed by atoms with Gasteiger partial charge in [-0.2, -0.15) is 0 Å². The van der Waals surface area contributed by atoms with Crippen molar-refractivity contribution in [2.45, 2.75) is 19.8 Å². The number of carbonyl (C=O) groups excluding carboxylic acids is 1. The number of rotatable bonds is 4. The van der Waals surface area contributed by atoms with Crippen LogP contribution in [0.2, 0.25) is 0 Å². The fraction of sp³-hybridized carbons (Fsp3) is 0.211. The fourth-order valence-corrected chi connectivity index (χ4v) is 2.91. The zero-order valence-corrected chi connectivity index (χ0v) is 13.3. The SMILES string of the molecule is COc1ccc(-c2[nH]c3c(C(C)C)cccc3c2C=O)cc1F. The zero-order valence-electron chi connectivity index (χ0n) is 13.3. The molecule has 1 N–H and O–H groups in total. The summed E-state index contributed by atoms with van der Waals surface area (Å²) in [7, 11) is 1.42. The third-order valence-electron chi connectivity index (χ3n) is 4.09. The summed E-state index contributed by atoms with van der Waals surface area (Å²) >= 11 is 0. The van der Waals surface area contributed by atoms with Gasteiger partial charge in [-0.05, 0) is 29.7 Å². The van der Waals surface area contributed by atoms with Gasteiger partial charge in [0.1, 0.15) is 0 Å². The van der Waals surface area contributed by atoms with Crippen LogP contribution in [0.4, 0.5) is 4.39 Å². The highest BCUT2D eigenvalue weighted by atomic mass is 19.1. The summed E-state index contributed by atoms with van der Waals surface area (Å²) in [5.41, 5.74) is 3.86. The molecule has 3 rings (SSSR count). The second-order valence-electron chi connectivity index (χ2n) is 5.81. The van der Waals surface area contributed by atoms with Crippen molar-refractivity contribution in [1.82, 2.24) is 4.98 Å². The number of halogens is 1. The van der Waals surface area contributed by atoms with Crippen LogP contribution in [-0.4, -0.2) is 18.4 Å². The lowest BCUT2D eigenvalue weighted by molar-refractivity contribution is 0.112. The molecule has 0 fully saturated rings. The lowest BCUT2D eigenvalue weighted by Gasteiger charge is -2.06. The van der Waals surface area contributed by atoms with Crippen LogP contribution in [0.15, 0.2) is 36.4 Å². The molecule has 0 saturated carbocycles. The van der Waals surface area contributed by atoms with Crippen LogP contribution >= 0.6 is 0 Å². The molecule has 0 spiro atoms. The van der Waals surface area contributed by atoms with Crippen molar-refractivity contribution in [2.75, 3.05) is 7.11 Å². The minimum Gasteiger partial charge on any atom is -0.494 e. The van der Waals surface area contributed by atoms with Gasteiger partial charge in [0.15, 0.2) is 17.9 Å². The van der Waals surface area contributed by atoms with Gasteiger partial charge in [0.2, 0.25) is 0 Å². The molecule has 23 heavy (non-hydrogen) atoms. The monoisotopic (exact) mass is 311 g/mol. The Balaban J connectivity index is 2.27. The van der Waals surface area contributed by atoms with Crippen molar-refractivity contribution in [3.05, 3.63) is 53.3 Å². The number of nitrogens with one attached hydrogen (secondary N) is 1. The number of hydrogen-bond donors (Lipinski definition) is 1. The normalized spacial score (nSPS) is 11.2. The van der Waals surface area contributed by atoms with Crippen molar-refractivity contribution in [1.29, 1.82) is 0 Å². The van der Waals surface area contributed by atoms with Crippen LogP contribution in [0.3, 0.4) is 0 Å². The summed E-state index contributed by atoms with van der Waals surface area (Å²) in [4.78, 5) is 14.9. The summed E-state index contributed by atoms with van der Waals surface area (Å²) in [5, 5.41) is 0.859. The van der Waals surface area contributed by atoms with Crippen LogP contribution < -0.4 is 4.74 Å². The Bertz CT molecular complexity index is 880. The Morgan fingerprint density at radius 2 is 2.00 bits per heavy atom. The number of carbonyl (C=O) groups is 1. The molecular weight excluding hydrogens is 293 g/mol. The molecule has 0 radical (unpaired) electrons. The van der Waals surface area contributed by atoms with Gasteiger partial charge in [0, 0.05) is 16.5 Å². The largest absolute Gasteiger partial charge is 0.494 e. The molecule has 0 aliphatic rings. The Morgan fingerprint density at radius 3 is 2.61 bits per heavy atom. The molecule has 0 aliphatic carbocycles. The van der Waals surface area contributed by atoms with Gasteiger partial charge in [-0.1, -0.05) is 32.0 Å². The first-order valence-electron chi connectivity index (χ1n) is 7.50. The second kappa shape index (κ2) is 5.88.